The van der Waals surface area contributed by atoms with E-state index in [1.54, 1.807) is 12.1 Å². The van der Waals surface area contributed by atoms with E-state index in [0.717, 1.165) is 12.0 Å². The van der Waals surface area contributed by atoms with Crippen LogP contribution in [0.15, 0.2) is 24.3 Å². The van der Waals surface area contributed by atoms with Gasteiger partial charge in [-0.25, -0.2) is 0 Å². The maximum Gasteiger partial charge on any atom is 0.459 e. The molecule has 1 rings (SSSR count). The van der Waals surface area contributed by atoms with Crippen LogP contribution in [0.1, 0.15) is 19.4 Å². The average Bonchev–Trinajstić information content (AvgIpc) is 2.20. The van der Waals surface area contributed by atoms with Crippen molar-refractivity contribution in [2.75, 3.05) is 0 Å². The quantitative estimate of drug-likeness (QED) is 0.759. The summed E-state index contributed by atoms with van der Waals surface area (Å²) in [6.45, 7) is 4.09. The van der Waals surface area contributed by atoms with Crippen LogP contribution in [-0.4, -0.2) is 4.21 Å². The third kappa shape index (κ3) is 4.00. The van der Waals surface area contributed by atoms with Gasteiger partial charge >= 0.3 is 17.9 Å². The lowest BCUT2D eigenvalue weighted by Gasteiger charge is -2.09. The fourth-order valence-electron chi connectivity index (χ4n) is 1.30. The minimum atomic E-state index is -3.07. The summed E-state index contributed by atoms with van der Waals surface area (Å²) in [6.07, 6.45) is 0.753. The standard InChI is InChI=1S/C10H13O4PS/c1-8(2)7-9-5-3-4-6-10(9)14-16(13)15(11)12/h3-6,8H,7H2,1-2H3. The Morgan fingerprint density at radius 1 is 1.44 bits per heavy atom. The third-order valence-corrected chi connectivity index (χ3v) is 3.40. The van der Waals surface area contributed by atoms with Gasteiger partial charge in [-0.15, -0.1) is 0 Å². The van der Waals surface area contributed by atoms with Crippen molar-refractivity contribution in [3.05, 3.63) is 29.8 Å². The molecule has 0 aliphatic rings. The van der Waals surface area contributed by atoms with Gasteiger partial charge < -0.3 is 9.08 Å². The van der Waals surface area contributed by atoms with Crippen molar-refractivity contribution in [1.29, 1.82) is 0 Å². The maximum absolute atomic E-state index is 11.0. The highest BCUT2D eigenvalue weighted by Gasteiger charge is 2.19. The zero-order chi connectivity index (χ0) is 12.1. The van der Waals surface area contributed by atoms with Crippen LogP contribution in [-0.2, 0) is 21.7 Å². The van der Waals surface area contributed by atoms with Crippen molar-refractivity contribution in [2.24, 2.45) is 5.92 Å². The SMILES string of the molecule is CC(C)Cc1ccccc1OS(=O)[P+](=O)[O-]. The lowest BCUT2D eigenvalue weighted by molar-refractivity contribution is -0.158. The zero-order valence-electron chi connectivity index (χ0n) is 9.08. The molecule has 1 aromatic rings. The Kier molecular flexibility index (Phi) is 5.06. The van der Waals surface area contributed by atoms with Crippen molar-refractivity contribution < 1.29 is 17.9 Å². The molecule has 0 fully saturated rings. The number of para-hydroxylation sites is 1. The third-order valence-electron chi connectivity index (χ3n) is 1.88. The topological polar surface area (TPSA) is 66.4 Å². The minimum Gasteiger partial charge on any atom is -0.580 e. The molecule has 2 atom stereocenters. The lowest BCUT2D eigenvalue weighted by atomic mass is 10.0. The van der Waals surface area contributed by atoms with E-state index in [0.29, 0.717) is 11.7 Å². The van der Waals surface area contributed by atoms with Gasteiger partial charge in [-0.2, -0.15) is 4.21 Å². The summed E-state index contributed by atoms with van der Waals surface area (Å²) >= 11 is 0. The van der Waals surface area contributed by atoms with Crippen molar-refractivity contribution in [2.45, 2.75) is 20.3 Å². The van der Waals surface area contributed by atoms with Crippen LogP contribution in [0, 0.1) is 5.92 Å². The smallest absolute Gasteiger partial charge is 0.459 e. The summed E-state index contributed by atoms with van der Waals surface area (Å²) in [5, 5.41) is 0. The molecular weight excluding hydrogens is 247 g/mol. The van der Waals surface area contributed by atoms with E-state index < -0.39 is 17.9 Å². The number of hydrogen-bond acceptors (Lipinski definition) is 4. The van der Waals surface area contributed by atoms with Crippen molar-refractivity contribution in [1.82, 2.24) is 0 Å². The van der Waals surface area contributed by atoms with Crippen molar-refractivity contribution in [3.8, 4) is 5.75 Å². The highest BCUT2D eigenvalue weighted by Crippen LogP contribution is 2.26. The van der Waals surface area contributed by atoms with Crippen LogP contribution >= 0.6 is 7.23 Å². The highest BCUT2D eigenvalue weighted by atomic mass is 32.7. The van der Waals surface area contributed by atoms with E-state index in [9.17, 15) is 13.7 Å². The van der Waals surface area contributed by atoms with Gasteiger partial charge in [0.2, 0.25) is 0 Å². The molecule has 4 nitrogen and oxygen atoms in total. The van der Waals surface area contributed by atoms with E-state index in [4.69, 9.17) is 4.18 Å². The molecule has 1 aromatic carbocycles. The first-order valence-corrected chi connectivity index (χ1v) is 7.69. The van der Waals surface area contributed by atoms with Gasteiger partial charge in [0.25, 0.3) is 0 Å². The maximum atomic E-state index is 11.0. The molecule has 0 aliphatic heterocycles. The fraction of sp³-hybridized carbons (Fsp3) is 0.400. The van der Waals surface area contributed by atoms with Crippen LogP contribution in [0.4, 0.5) is 0 Å². The number of hydrogen-bond donors (Lipinski definition) is 0. The monoisotopic (exact) mass is 260 g/mol. The van der Waals surface area contributed by atoms with Gasteiger partial charge in [-0.1, -0.05) is 36.6 Å². The Labute approximate surface area is 97.9 Å². The summed E-state index contributed by atoms with van der Waals surface area (Å²) in [5.41, 5.74) is 0.864. The largest absolute Gasteiger partial charge is 0.580 e. The second kappa shape index (κ2) is 6.09. The zero-order valence-corrected chi connectivity index (χ0v) is 10.8. The van der Waals surface area contributed by atoms with Crippen LogP contribution in [0.2, 0.25) is 0 Å². The molecule has 88 valence electrons. The van der Waals surface area contributed by atoms with Crippen molar-refractivity contribution in [3.63, 3.8) is 0 Å². The molecule has 0 saturated heterocycles. The summed E-state index contributed by atoms with van der Waals surface area (Å²) in [4.78, 5) is 10.4. The summed E-state index contributed by atoms with van der Waals surface area (Å²) in [6, 6.07) is 7.01. The van der Waals surface area contributed by atoms with E-state index >= 15 is 0 Å². The Hall–Kier alpha value is -0.770. The molecule has 0 bridgehead atoms. The van der Waals surface area contributed by atoms with E-state index in [1.807, 2.05) is 26.0 Å². The van der Waals surface area contributed by atoms with E-state index in [2.05, 4.69) is 0 Å². The van der Waals surface area contributed by atoms with Gasteiger partial charge in [0.15, 0.2) is 0 Å². The normalized spacial score (nSPS) is 13.6. The molecule has 0 saturated carbocycles. The second-order valence-corrected chi connectivity index (χ2v) is 6.57. The summed E-state index contributed by atoms with van der Waals surface area (Å²) in [5.74, 6) is 0.785. The van der Waals surface area contributed by atoms with Crippen LogP contribution in [0.3, 0.4) is 0 Å². The molecule has 6 heteroatoms. The molecule has 0 amide bonds. The van der Waals surface area contributed by atoms with Gasteiger partial charge in [0, 0.05) is 0 Å². The molecule has 0 radical (unpaired) electrons. The summed E-state index contributed by atoms with van der Waals surface area (Å²) in [7, 11) is -5.36. The first-order chi connectivity index (χ1) is 7.50. The highest BCUT2D eigenvalue weighted by molar-refractivity contribution is 8.37. The first kappa shape index (κ1) is 13.3. The molecule has 0 aromatic heterocycles. The second-order valence-electron chi connectivity index (χ2n) is 3.73. The Morgan fingerprint density at radius 3 is 2.62 bits per heavy atom. The Morgan fingerprint density at radius 2 is 2.06 bits per heavy atom. The average molecular weight is 260 g/mol. The minimum absolute atomic E-state index is 0.369. The molecule has 0 aliphatic carbocycles. The number of rotatable bonds is 5. The molecule has 16 heavy (non-hydrogen) atoms. The van der Waals surface area contributed by atoms with Crippen LogP contribution in [0.5, 0.6) is 5.75 Å². The number of benzene rings is 1. The molecule has 0 heterocycles. The molecule has 0 N–H and O–H groups in total. The van der Waals surface area contributed by atoms with Crippen molar-refractivity contribution >= 4 is 17.9 Å². The Bertz CT molecular complexity index is 406. The lowest BCUT2D eigenvalue weighted by Crippen LogP contribution is -2.04. The predicted octanol–water partition coefficient (Wildman–Crippen LogP) is 1.95. The van der Waals surface area contributed by atoms with Gasteiger partial charge in [-0.3, -0.25) is 0 Å². The molecular formula is C10H13O4PS. The fourth-order valence-corrected chi connectivity index (χ4v) is 2.10. The molecule has 0 spiro atoms. The predicted molar refractivity (Wildman–Crippen MR) is 61.4 cm³/mol. The van der Waals surface area contributed by atoms with Gasteiger partial charge in [-0.05, 0) is 24.0 Å². The van der Waals surface area contributed by atoms with Crippen LogP contribution in [0.25, 0.3) is 0 Å². The van der Waals surface area contributed by atoms with Crippen LogP contribution < -0.4 is 9.08 Å². The molecule has 2 unspecified atom stereocenters. The Balaban J connectivity index is 2.86. The van der Waals surface area contributed by atoms with Gasteiger partial charge in [0.05, 0.1) is 0 Å². The first-order valence-electron chi connectivity index (χ1n) is 4.83. The van der Waals surface area contributed by atoms with Gasteiger partial charge in [0.1, 0.15) is 5.75 Å². The van der Waals surface area contributed by atoms with E-state index in [-0.39, 0.29) is 0 Å². The van der Waals surface area contributed by atoms with E-state index in [1.165, 1.54) is 0 Å². The summed E-state index contributed by atoms with van der Waals surface area (Å²) < 4.78 is 26.4.